The van der Waals surface area contributed by atoms with Crippen molar-refractivity contribution in [2.45, 2.75) is 0 Å². The molecule has 0 amide bonds. The second-order valence-electron chi connectivity index (χ2n) is 5.36. The van der Waals surface area contributed by atoms with Crippen LogP contribution in [0.2, 0.25) is 0 Å². The third-order valence-corrected chi connectivity index (χ3v) is 3.60. The molecule has 0 aliphatic carbocycles. The Hall–Kier alpha value is -3.46. The molecule has 0 unspecified atom stereocenters. The second kappa shape index (κ2) is 7.88. The summed E-state index contributed by atoms with van der Waals surface area (Å²) < 4.78 is 5.47. The largest absolute Gasteiger partial charge is 0.422 e. The Labute approximate surface area is 146 Å². The summed E-state index contributed by atoms with van der Waals surface area (Å²) in [5.41, 5.74) is 1.75. The lowest BCUT2D eigenvalue weighted by molar-refractivity contribution is 0.0734. The highest BCUT2D eigenvalue weighted by Gasteiger charge is 2.10. The molecule has 3 heteroatoms. The van der Waals surface area contributed by atoms with Crippen LogP contribution >= 0.6 is 0 Å². The summed E-state index contributed by atoms with van der Waals surface area (Å²) in [5, 5.41) is 0. The minimum Gasteiger partial charge on any atom is -0.422 e. The average Bonchev–Trinajstić information content (AvgIpc) is 2.68. The Morgan fingerprint density at radius 2 is 1.24 bits per heavy atom. The number of ketones is 1. The molecule has 0 saturated heterocycles. The minimum absolute atomic E-state index is 0.107. The molecule has 3 aromatic rings. The summed E-state index contributed by atoms with van der Waals surface area (Å²) >= 11 is 0. The number of hydrogen-bond donors (Lipinski definition) is 0. The topological polar surface area (TPSA) is 43.4 Å². The van der Waals surface area contributed by atoms with Gasteiger partial charge in [-0.05, 0) is 30.4 Å². The molecule has 0 aliphatic rings. The smallest absolute Gasteiger partial charge is 0.343 e. The van der Waals surface area contributed by atoms with Gasteiger partial charge in [-0.1, -0.05) is 66.7 Å². The first-order chi connectivity index (χ1) is 12.2. The third kappa shape index (κ3) is 4.30. The van der Waals surface area contributed by atoms with Crippen LogP contribution in [0.15, 0.2) is 91.0 Å². The van der Waals surface area contributed by atoms with Gasteiger partial charge in [0.15, 0.2) is 5.78 Å². The molecule has 0 radical (unpaired) electrons. The van der Waals surface area contributed by atoms with Gasteiger partial charge in [-0.25, -0.2) is 4.79 Å². The zero-order valence-corrected chi connectivity index (χ0v) is 13.5. The predicted octanol–water partition coefficient (Wildman–Crippen LogP) is 4.80. The van der Waals surface area contributed by atoms with Crippen molar-refractivity contribution in [2.75, 3.05) is 0 Å². The predicted molar refractivity (Wildman–Crippen MR) is 97.6 cm³/mol. The molecule has 0 heterocycles. The molecule has 25 heavy (non-hydrogen) atoms. The van der Waals surface area contributed by atoms with E-state index in [9.17, 15) is 9.59 Å². The van der Waals surface area contributed by atoms with Gasteiger partial charge in [0, 0.05) is 11.1 Å². The quantitative estimate of drug-likeness (QED) is 0.292. The van der Waals surface area contributed by atoms with Gasteiger partial charge in [0.1, 0.15) is 5.75 Å². The number of carbonyl (C=O) groups is 2. The van der Waals surface area contributed by atoms with E-state index in [1.807, 2.05) is 30.3 Å². The van der Waals surface area contributed by atoms with Crippen molar-refractivity contribution in [3.8, 4) is 5.75 Å². The van der Waals surface area contributed by atoms with Crippen molar-refractivity contribution in [3.63, 3.8) is 0 Å². The van der Waals surface area contributed by atoms with Gasteiger partial charge >= 0.3 is 5.97 Å². The Bertz CT molecular complexity index is 897. The number of carbonyl (C=O) groups excluding carboxylic acids is 2. The van der Waals surface area contributed by atoms with Crippen molar-refractivity contribution in [1.29, 1.82) is 0 Å². The van der Waals surface area contributed by atoms with E-state index in [0.29, 0.717) is 22.4 Å². The standard InChI is InChI=1S/C22H16O3/c23-20(17-9-3-1-4-10-17)16-15-18-11-7-8-14-21(18)25-22(24)19-12-5-2-6-13-19/h1-16H/b16-15+. The molecule has 0 aliphatic heterocycles. The zero-order chi connectivity index (χ0) is 17.5. The average molecular weight is 328 g/mol. The maximum absolute atomic E-state index is 12.2. The minimum atomic E-state index is -0.434. The maximum atomic E-state index is 12.2. The van der Waals surface area contributed by atoms with Gasteiger partial charge in [0.25, 0.3) is 0 Å². The molecule has 3 rings (SSSR count). The van der Waals surface area contributed by atoms with Gasteiger partial charge < -0.3 is 4.74 Å². The van der Waals surface area contributed by atoms with Crippen molar-refractivity contribution in [1.82, 2.24) is 0 Å². The van der Waals surface area contributed by atoms with E-state index in [-0.39, 0.29) is 5.78 Å². The molecule has 0 atom stereocenters. The van der Waals surface area contributed by atoms with Gasteiger partial charge in [-0.3, -0.25) is 4.79 Å². The van der Waals surface area contributed by atoms with Crippen LogP contribution in [-0.4, -0.2) is 11.8 Å². The van der Waals surface area contributed by atoms with Crippen LogP contribution in [0.1, 0.15) is 26.3 Å². The first kappa shape index (κ1) is 16.4. The molecule has 0 bridgehead atoms. The summed E-state index contributed by atoms with van der Waals surface area (Å²) in [7, 11) is 0. The molecular formula is C22H16O3. The second-order valence-corrected chi connectivity index (χ2v) is 5.36. The SMILES string of the molecule is O=C(/C=C/c1ccccc1OC(=O)c1ccccc1)c1ccccc1. The number of esters is 1. The number of hydrogen-bond acceptors (Lipinski definition) is 3. The van der Waals surface area contributed by atoms with Crippen molar-refractivity contribution < 1.29 is 14.3 Å². The van der Waals surface area contributed by atoms with E-state index < -0.39 is 5.97 Å². The third-order valence-electron chi connectivity index (χ3n) is 3.60. The van der Waals surface area contributed by atoms with E-state index in [1.54, 1.807) is 60.7 Å². The normalized spacial score (nSPS) is 10.6. The molecule has 0 spiro atoms. The van der Waals surface area contributed by atoms with Crippen molar-refractivity contribution in [3.05, 3.63) is 108 Å². The van der Waals surface area contributed by atoms with Crippen molar-refractivity contribution in [2.24, 2.45) is 0 Å². The summed E-state index contributed by atoms with van der Waals surface area (Å²) in [4.78, 5) is 24.4. The molecule has 0 aromatic heterocycles. The van der Waals surface area contributed by atoms with Crippen LogP contribution in [0, 0.1) is 0 Å². The van der Waals surface area contributed by atoms with E-state index in [4.69, 9.17) is 4.74 Å². The number of rotatable bonds is 5. The highest BCUT2D eigenvalue weighted by molar-refractivity contribution is 6.07. The number of para-hydroxylation sites is 1. The molecule has 0 saturated carbocycles. The van der Waals surface area contributed by atoms with Gasteiger partial charge in [0.05, 0.1) is 5.56 Å². The van der Waals surface area contributed by atoms with Gasteiger partial charge in [-0.15, -0.1) is 0 Å². The fourth-order valence-corrected chi connectivity index (χ4v) is 2.31. The van der Waals surface area contributed by atoms with E-state index in [2.05, 4.69) is 0 Å². The van der Waals surface area contributed by atoms with Crippen molar-refractivity contribution >= 4 is 17.8 Å². The van der Waals surface area contributed by atoms with Crippen LogP contribution in [0.4, 0.5) is 0 Å². The van der Waals surface area contributed by atoms with Crippen LogP contribution in [0.5, 0.6) is 5.75 Å². The lowest BCUT2D eigenvalue weighted by Crippen LogP contribution is -2.08. The van der Waals surface area contributed by atoms with Crippen LogP contribution in [0.3, 0.4) is 0 Å². The Morgan fingerprint density at radius 3 is 1.92 bits per heavy atom. The highest BCUT2D eigenvalue weighted by Crippen LogP contribution is 2.21. The molecule has 3 aromatic carbocycles. The lowest BCUT2D eigenvalue weighted by Gasteiger charge is -2.07. The molecule has 3 nitrogen and oxygen atoms in total. The van der Waals surface area contributed by atoms with Crippen LogP contribution in [-0.2, 0) is 0 Å². The number of allylic oxidation sites excluding steroid dienone is 1. The molecule has 0 fully saturated rings. The summed E-state index contributed by atoms with van der Waals surface area (Å²) in [6, 6.07) is 24.9. The van der Waals surface area contributed by atoms with E-state index in [0.717, 1.165) is 0 Å². The monoisotopic (exact) mass is 328 g/mol. The van der Waals surface area contributed by atoms with Crippen LogP contribution < -0.4 is 4.74 Å². The lowest BCUT2D eigenvalue weighted by atomic mass is 10.1. The summed E-state index contributed by atoms with van der Waals surface area (Å²) in [5.74, 6) is -0.130. The maximum Gasteiger partial charge on any atom is 0.343 e. The Balaban J connectivity index is 1.78. The summed E-state index contributed by atoms with van der Waals surface area (Å²) in [6.45, 7) is 0. The zero-order valence-electron chi connectivity index (χ0n) is 13.5. The van der Waals surface area contributed by atoms with Gasteiger partial charge in [0.2, 0.25) is 0 Å². The number of benzene rings is 3. The molecule has 0 N–H and O–H groups in total. The first-order valence-corrected chi connectivity index (χ1v) is 7.88. The van der Waals surface area contributed by atoms with Gasteiger partial charge in [-0.2, -0.15) is 0 Å². The molecular weight excluding hydrogens is 312 g/mol. The Kier molecular flexibility index (Phi) is 5.17. The summed E-state index contributed by atoms with van der Waals surface area (Å²) in [6.07, 6.45) is 3.13. The first-order valence-electron chi connectivity index (χ1n) is 7.88. The Morgan fingerprint density at radius 1 is 0.680 bits per heavy atom. The number of ether oxygens (including phenoxy) is 1. The fourth-order valence-electron chi connectivity index (χ4n) is 2.31. The molecule has 122 valence electrons. The highest BCUT2D eigenvalue weighted by atomic mass is 16.5. The van der Waals surface area contributed by atoms with E-state index >= 15 is 0 Å². The van der Waals surface area contributed by atoms with E-state index in [1.165, 1.54) is 6.08 Å². The fraction of sp³-hybridized carbons (Fsp3) is 0. The van der Waals surface area contributed by atoms with Crippen LogP contribution in [0.25, 0.3) is 6.08 Å².